The zero-order valence-corrected chi connectivity index (χ0v) is 12.9. The predicted octanol–water partition coefficient (Wildman–Crippen LogP) is 3.67. The molecule has 0 radical (unpaired) electrons. The number of hydrogen-bond donors (Lipinski definition) is 1. The lowest BCUT2D eigenvalue weighted by atomic mass is 10.2. The number of aromatic carboxylic acids is 1. The number of carbonyl (C=O) groups is 1. The van der Waals surface area contributed by atoms with Gasteiger partial charge in [-0.05, 0) is 35.9 Å². The van der Waals surface area contributed by atoms with E-state index >= 15 is 0 Å². The fourth-order valence-electron chi connectivity index (χ4n) is 1.75. The molecule has 0 fully saturated rings. The Hall–Kier alpha value is -1.56. The van der Waals surface area contributed by atoms with E-state index in [1.807, 2.05) is 0 Å². The normalized spacial score (nSPS) is 11.3. The Morgan fingerprint density at radius 1 is 1.05 bits per heavy atom. The SMILES string of the molecule is O=C(O)c1cc(S(=O)(=O)Cc2ccc(Cl)cc2)ccc1Cl. The Labute approximate surface area is 131 Å². The van der Waals surface area contributed by atoms with Crippen LogP contribution >= 0.6 is 23.2 Å². The molecule has 2 aromatic rings. The van der Waals surface area contributed by atoms with Crippen LogP contribution in [0, 0.1) is 0 Å². The molecular formula is C14H10Cl2O4S. The first kappa shape index (κ1) is 15.8. The van der Waals surface area contributed by atoms with Crippen LogP contribution < -0.4 is 0 Å². The molecule has 0 aromatic heterocycles. The van der Waals surface area contributed by atoms with E-state index in [0.717, 1.165) is 6.07 Å². The van der Waals surface area contributed by atoms with E-state index in [1.54, 1.807) is 24.3 Å². The topological polar surface area (TPSA) is 71.4 Å². The monoisotopic (exact) mass is 344 g/mol. The van der Waals surface area contributed by atoms with Gasteiger partial charge in [0.05, 0.1) is 21.2 Å². The highest BCUT2D eigenvalue weighted by Gasteiger charge is 2.19. The summed E-state index contributed by atoms with van der Waals surface area (Å²) in [5.74, 6) is -1.52. The minimum atomic E-state index is -3.66. The quantitative estimate of drug-likeness (QED) is 0.918. The third-order valence-electron chi connectivity index (χ3n) is 2.80. The van der Waals surface area contributed by atoms with Crippen LogP contribution in [0.4, 0.5) is 0 Å². The summed E-state index contributed by atoms with van der Waals surface area (Å²) < 4.78 is 24.6. The average molecular weight is 345 g/mol. The third-order valence-corrected chi connectivity index (χ3v) is 5.06. The van der Waals surface area contributed by atoms with Crippen LogP contribution in [0.2, 0.25) is 10.0 Å². The highest BCUT2D eigenvalue weighted by molar-refractivity contribution is 7.90. The van der Waals surface area contributed by atoms with Gasteiger partial charge in [-0.1, -0.05) is 35.3 Å². The van der Waals surface area contributed by atoms with Gasteiger partial charge in [0.25, 0.3) is 0 Å². The second-order valence-corrected chi connectivity index (χ2v) is 7.17. The molecule has 0 saturated carbocycles. The van der Waals surface area contributed by atoms with Gasteiger partial charge < -0.3 is 5.11 Å². The lowest BCUT2D eigenvalue weighted by Crippen LogP contribution is -2.07. The van der Waals surface area contributed by atoms with Gasteiger partial charge >= 0.3 is 5.97 Å². The van der Waals surface area contributed by atoms with Crippen LogP contribution in [0.3, 0.4) is 0 Å². The first-order chi connectivity index (χ1) is 9.79. The van der Waals surface area contributed by atoms with Crippen LogP contribution in [-0.4, -0.2) is 19.5 Å². The molecule has 0 atom stereocenters. The summed E-state index contributed by atoms with van der Waals surface area (Å²) in [6.07, 6.45) is 0. The first-order valence-corrected chi connectivity index (χ1v) is 8.20. The number of carboxylic acid groups (broad SMARTS) is 1. The van der Waals surface area contributed by atoms with Crippen molar-refractivity contribution >= 4 is 39.0 Å². The van der Waals surface area contributed by atoms with Gasteiger partial charge in [0.15, 0.2) is 9.84 Å². The summed E-state index contributed by atoms with van der Waals surface area (Å²) >= 11 is 11.5. The van der Waals surface area contributed by atoms with E-state index in [0.29, 0.717) is 10.6 Å². The first-order valence-electron chi connectivity index (χ1n) is 5.79. The Kier molecular flexibility index (Phi) is 4.56. The Morgan fingerprint density at radius 3 is 2.24 bits per heavy atom. The van der Waals surface area contributed by atoms with Gasteiger partial charge in [0.1, 0.15) is 0 Å². The number of carboxylic acids is 1. The molecular weight excluding hydrogens is 335 g/mol. The molecule has 7 heteroatoms. The van der Waals surface area contributed by atoms with Crippen LogP contribution in [0.1, 0.15) is 15.9 Å². The molecule has 0 aliphatic rings. The third kappa shape index (κ3) is 3.75. The van der Waals surface area contributed by atoms with Crippen molar-refractivity contribution in [2.45, 2.75) is 10.6 Å². The van der Waals surface area contributed by atoms with Crippen molar-refractivity contribution < 1.29 is 18.3 Å². The maximum atomic E-state index is 12.3. The fraction of sp³-hybridized carbons (Fsp3) is 0.0714. The molecule has 0 saturated heterocycles. The van der Waals surface area contributed by atoms with Crippen LogP contribution in [0.5, 0.6) is 0 Å². The Balaban J connectivity index is 2.38. The van der Waals surface area contributed by atoms with E-state index in [-0.39, 0.29) is 21.2 Å². The van der Waals surface area contributed by atoms with Crippen molar-refractivity contribution in [2.75, 3.05) is 0 Å². The van der Waals surface area contributed by atoms with Crippen molar-refractivity contribution in [1.29, 1.82) is 0 Å². The Morgan fingerprint density at radius 2 is 1.67 bits per heavy atom. The summed E-state index contributed by atoms with van der Waals surface area (Å²) in [7, 11) is -3.66. The average Bonchev–Trinajstić information content (AvgIpc) is 2.41. The summed E-state index contributed by atoms with van der Waals surface area (Å²) in [6.45, 7) is 0. The summed E-state index contributed by atoms with van der Waals surface area (Å²) in [5, 5.41) is 9.49. The Bertz CT molecular complexity index is 783. The van der Waals surface area contributed by atoms with Gasteiger partial charge in [-0.2, -0.15) is 0 Å². The van der Waals surface area contributed by atoms with Crippen molar-refractivity contribution in [3.8, 4) is 0 Å². The minimum absolute atomic E-state index is 0.00653. The van der Waals surface area contributed by atoms with E-state index in [2.05, 4.69) is 0 Å². The summed E-state index contributed by atoms with van der Waals surface area (Å²) in [6, 6.07) is 10.0. The molecule has 0 spiro atoms. The standard InChI is InChI=1S/C14H10Cl2O4S/c15-10-3-1-9(2-4-10)8-21(19,20)11-5-6-13(16)12(7-11)14(17)18/h1-7H,8H2,(H,17,18). The van der Waals surface area contributed by atoms with E-state index in [1.165, 1.54) is 12.1 Å². The molecule has 110 valence electrons. The molecule has 2 rings (SSSR count). The highest BCUT2D eigenvalue weighted by atomic mass is 35.5. The van der Waals surface area contributed by atoms with Crippen molar-refractivity contribution in [1.82, 2.24) is 0 Å². The van der Waals surface area contributed by atoms with Crippen molar-refractivity contribution in [2.24, 2.45) is 0 Å². The molecule has 0 aliphatic carbocycles. The van der Waals surface area contributed by atoms with Crippen LogP contribution in [0.15, 0.2) is 47.4 Å². The van der Waals surface area contributed by atoms with Crippen LogP contribution in [0.25, 0.3) is 0 Å². The second-order valence-electron chi connectivity index (χ2n) is 4.33. The number of halogens is 2. The molecule has 0 bridgehead atoms. The lowest BCUT2D eigenvalue weighted by Gasteiger charge is -2.07. The molecule has 0 unspecified atom stereocenters. The van der Waals surface area contributed by atoms with Gasteiger partial charge in [-0.25, -0.2) is 13.2 Å². The molecule has 0 heterocycles. The molecule has 2 aromatic carbocycles. The second kappa shape index (κ2) is 6.05. The summed E-state index contributed by atoms with van der Waals surface area (Å²) in [5.41, 5.74) is 0.320. The van der Waals surface area contributed by atoms with Gasteiger partial charge in [-0.15, -0.1) is 0 Å². The maximum Gasteiger partial charge on any atom is 0.337 e. The van der Waals surface area contributed by atoms with Gasteiger partial charge in [-0.3, -0.25) is 0 Å². The smallest absolute Gasteiger partial charge is 0.337 e. The minimum Gasteiger partial charge on any atom is -0.478 e. The summed E-state index contributed by atoms with van der Waals surface area (Å²) in [4.78, 5) is 10.9. The maximum absolute atomic E-state index is 12.3. The van der Waals surface area contributed by atoms with Crippen molar-refractivity contribution in [3.05, 3.63) is 63.6 Å². The van der Waals surface area contributed by atoms with Crippen molar-refractivity contribution in [3.63, 3.8) is 0 Å². The number of benzene rings is 2. The molecule has 21 heavy (non-hydrogen) atoms. The largest absolute Gasteiger partial charge is 0.478 e. The van der Waals surface area contributed by atoms with Crippen LogP contribution in [-0.2, 0) is 15.6 Å². The lowest BCUT2D eigenvalue weighted by molar-refractivity contribution is 0.0697. The van der Waals surface area contributed by atoms with E-state index in [9.17, 15) is 13.2 Å². The molecule has 1 N–H and O–H groups in total. The van der Waals surface area contributed by atoms with E-state index < -0.39 is 15.8 Å². The molecule has 0 amide bonds. The molecule has 0 aliphatic heterocycles. The number of hydrogen-bond acceptors (Lipinski definition) is 3. The van der Waals surface area contributed by atoms with Gasteiger partial charge in [0.2, 0.25) is 0 Å². The predicted molar refractivity (Wildman–Crippen MR) is 80.8 cm³/mol. The zero-order valence-electron chi connectivity index (χ0n) is 10.6. The van der Waals surface area contributed by atoms with E-state index in [4.69, 9.17) is 28.3 Å². The van der Waals surface area contributed by atoms with Gasteiger partial charge in [0, 0.05) is 5.02 Å². The fourth-order valence-corrected chi connectivity index (χ4v) is 3.44. The number of sulfone groups is 1. The molecule has 4 nitrogen and oxygen atoms in total. The number of rotatable bonds is 4. The zero-order chi connectivity index (χ0) is 15.6. The highest BCUT2D eigenvalue weighted by Crippen LogP contribution is 2.23.